The first-order chi connectivity index (χ1) is 6.24. The highest BCUT2D eigenvalue weighted by molar-refractivity contribution is 7.81. The SMILES string of the molecule is Cn1nccc1CCNC(=O)CS. The van der Waals surface area contributed by atoms with E-state index < -0.39 is 0 Å². The summed E-state index contributed by atoms with van der Waals surface area (Å²) in [6, 6.07) is 1.94. The maximum atomic E-state index is 10.8. The van der Waals surface area contributed by atoms with Gasteiger partial charge in [-0.05, 0) is 6.07 Å². The van der Waals surface area contributed by atoms with Crippen molar-refractivity contribution in [1.29, 1.82) is 0 Å². The van der Waals surface area contributed by atoms with Crippen molar-refractivity contribution in [3.8, 4) is 0 Å². The lowest BCUT2D eigenvalue weighted by Crippen LogP contribution is -2.27. The number of aryl methyl sites for hydroxylation is 1. The molecule has 0 aliphatic carbocycles. The summed E-state index contributed by atoms with van der Waals surface area (Å²) >= 11 is 3.85. The molecule has 0 radical (unpaired) electrons. The fraction of sp³-hybridized carbons (Fsp3) is 0.500. The standard InChI is InChI=1S/C8H13N3OS/c1-11-7(3-5-10-11)2-4-9-8(12)6-13/h3,5,13H,2,4,6H2,1H3,(H,9,12). The molecule has 1 amide bonds. The van der Waals surface area contributed by atoms with E-state index in [2.05, 4.69) is 23.0 Å². The van der Waals surface area contributed by atoms with E-state index >= 15 is 0 Å². The monoisotopic (exact) mass is 199 g/mol. The third-order valence-corrected chi connectivity index (χ3v) is 2.06. The van der Waals surface area contributed by atoms with Gasteiger partial charge in [-0.2, -0.15) is 17.7 Å². The fourth-order valence-electron chi connectivity index (χ4n) is 1.03. The van der Waals surface area contributed by atoms with Gasteiger partial charge in [0.1, 0.15) is 0 Å². The molecule has 1 heterocycles. The molecule has 4 nitrogen and oxygen atoms in total. The van der Waals surface area contributed by atoms with Crippen LogP contribution >= 0.6 is 12.6 Å². The van der Waals surface area contributed by atoms with Gasteiger partial charge in [0.05, 0.1) is 5.75 Å². The van der Waals surface area contributed by atoms with Gasteiger partial charge in [-0.15, -0.1) is 0 Å². The third kappa shape index (κ3) is 3.10. The number of amides is 1. The molecule has 0 aromatic carbocycles. The van der Waals surface area contributed by atoms with Gasteiger partial charge in [0.2, 0.25) is 5.91 Å². The molecule has 0 saturated carbocycles. The average molecular weight is 199 g/mol. The molecule has 1 aromatic rings. The van der Waals surface area contributed by atoms with Crippen LogP contribution in [0.4, 0.5) is 0 Å². The van der Waals surface area contributed by atoms with Crippen LogP contribution in [0.3, 0.4) is 0 Å². The molecule has 0 aliphatic heterocycles. The largest absolute Gasteiger partial charge is 0.355 e. The molecule has 0 bridgehead atoms. The minimum absolute atomic E-state index is 0.0366. The van der Waals surface area contributed by atoms with Crippen molar-refractivity contribution < 1.29 is 4.79 Å². The van der Waals surface area contributed by atoms with Crippen molar-refractivity contribution in [2.75, 3.05) is 12.3 Å². The maximum absolute atomic E-state index is 10.8. The van der Waals surface area contributed by atoms with Gasteiger partial charge in [0.15, 0.2) is 0 Å². The first-order valence-corrected chi connectivity index (χ1v) is 4.71. The molecule has 0 spiro atoms. The quantitative estimate of drug-likeness (QED) is 0.671. The minimum atomic E-state index is -0.0366. The van der Waals surface area contributed by atoms with Gasteiger partial charge in [0.25, 0.3) is 0 Å². The Labute approximate surface area is 82.7 Å². The summed E-state index contributed by atoms with van der Waals surface area (Å²) in [5.41, 5.74) is 1.11. The Bertz CT molecular complexity index is 285. The van der Waals surface area contributed by atoms with Crippen LogP contribution in [0, 0.1) is 0 Å². The summed E-state index contributed by atoms with van der Waals surface area (Å²) in [5, 5.41) is 6.76. The Morgan fingerprint density at radius 1 is 1.77 bits per heavy atom. The predicted molar refractivity (Wildman–Crippen MR) is 53.8 cm³/mol. The fourth-order valence-corrected chi connectivity index (χ4v) is 1.14. The zero-order chi connectivity index (χ0) is 9.68. The number of carbonyl (C=O) groups excluding carboxylic acids is 1. The van der Waals surface area contributed by atoms with E-state index in [0.29, 0.717) is 6.54 Å². The normalized spacial score (nSPS) is 10.0. The summed E-state index contributed by atoms with van der Waals surface area (Å²) < 4.78 is 1.80. The van der Waals surface area contributed by atoms with Gasteiger partial charge in [-0.3, -0.25) is 9.48 Å². The highest BCUT2D eigenvalue weighted by Gasteiger charge is 1.99. The summed E-state index contributed by atoms with van der Waals surface area (Å²) in [5.74, 6) is 0.205. The van der Waals surface area contributed by atoms with Gasteiger partial charge in [0, 0.05) is 31.9 Å². The van der Waals surface area contributed by atoms with E-state index in [1.54, 1.807) is 10.9 Å². The number of carbonyl (C=O) groups is 1. The van der Waals surface area contributed by atoms with Crippen LogP contribution in [0.15, 0.2) is 12.3 Å². The van der Waals surface area contributed by atoms with Crippen LogP contribution in [-0.4, -0.2) is 28.0 Å². The van der Waals surface area contributed by atoms with Crippen molar-refractivity contribution in [2.24, 2.45) is 7.05 Å². The Morgan fingerprint density at radius 2 is 2.54 bits per heavy atom. The average Bonchev–Trinajstić information content (AvgIpc) is 2.52. The predicted octanol–water partition coefficient (Wildman–Crippen LogP) is 0.00860. The highest BCUT2D eigenvalue weighted by Crippen LogP contribution is 1.95. The van der Waals surface area contributed by atoms with E-state index in [9.17, 15) is 4.79 Å². The van der Waals surface area contributed by atoms with Crippen LogP contribution in [0.25, 0.3) is 0 Å². The molecule has 5 heteroatoms. The van der Waals surface area contributed by atoms with Crippen LogP contribution < -0.4 is 5.32 Å². The molecule has 0 fully saturated rings. The smallest absolute Gasteiger partial charge is 0.229 e. The molecule has 1 N–H and O–H groups in total. The first-order valence-electron chi connectivity index (χ1n) is 4.08. The Hall–Kier alpha value is -0.970. The Balaban J connectivity index is 2.28. The van der Waals surface area contributed by atoms with Crippen LogP contribution in [0.5, 0.6) is 0 Å². The second-order valence-electron chi connectivity index (χ2n) is 2.70. The number of rotatable bonds is 4. The van der Waals surface area contributed by atoms with Crippen molar-refractivity contribution in [2.45, 2.75) is 6.42 Å². The lowest BCUT2D eigenvalue weighted by Gasteiger charge is -2.03. The number of aromatic nitrogens is 2. The van der Waals surface area contributed by atoms with Gasteiger partial charge in [-0.25, -0.2) is 0 Å². The van der Waals surface area contributed by atoms with Crippen molar-refractivity contribution in [3.05, 3.63) is 18.0 Å². The molecular weight excluding hydrogens is 186 g/mol. The molecule has 72 valence electrons. The molecule has 13 heavy (non-hydrogen) atoms. The summed E-state index contributed by atoms with van der Waals surface area (Å²) in [7, 11) is 1.88. The van der Waals surface area contributed by atoms with Crippen LogP contribution in [-0.2, 0) is 18.3 Å². The summed E-state index contributed by atoms with van der Waals surface area (Å²) in [6.45, 7) is 0.638. The maximum Gasteiger partial charge on any atom is 0.229 e. The number of hydrogen-bond acceptors (Lipinski definition) is 3. The lowest BCUT2D eigenvalue weighted by atomic mass is 10.3. The number of hydrogen-bond donors (Lipinski definition) is 2. The topological polar surface area (TPSA) is 46.9 Å². The van der Waals surface area contributed by atoms with Crippen molar-refractivity contribution >= 4 is 18.5 Å². The second kappa shape index (κ2) is 4.91. The van der Waals surface area contributed by atoms with Gasteiger partial charge in [-0.1, -0.05) is 0 Å². The van der Waals surface area contributed by atoms with Gasteiger partial charge < -0.3 is 5.32 Å². The summed E-state index contributed by atoms with van der Waals surface area (Å²) in [4.78, 5) is 10.8. The second-order valence-corrected chi connectivity index (χ2v) is 3.02. The van der Waals surface area contributed by atoms with E-state index in [4.69, 9.17) is 0 Å². The van der Waals surface area contributed by atoms with Crippen molar-refractivity contribution in [3.63, 3.8) is 0 Å². The van der Waals surface area contributed by atoms with E-state index in [-0.39, 0.29) is 11.7 Å². The van der Waals surface area contributed by atoms with Crippen molar-refractivity contribution in [1.82, 2.24) is 15.1 Å². The molecule has 1 rings (SSSR count). The number of nitrogens with zero attached hydrogens (tertiary/aromatic N) is 2. The highest BCUT2D eigenvalue weighted by atomic mass is 32.1. The number of nitrogens with one attached hydrogen (secondary N) is 1. The molecule has 0 saturated heterocycles. The van der Waals surface area contributed by atoms with E-state index in [1.807, 2.05) is 13.1 Å². The Morgan fingerprint density at radius 3 is 3.08 bits per heavy atom. The molecular formula is C8H13N3OS. The number of thiol groups is 1. The molecule has 0 aliphatic rings. The van der Waals surface area contributed by atoms with Crippen LogP contribution in [0.1, 0.15) is 5.69 Å². The minimum Gasteiger partial charge on any atom is -0.355 e. The van der Waals surface area contributed by atoms with Crippen LogP contribution in [0.2, 0.25) is 0 Å². The molecule has 1 aromatic heterocycles. The third-order valence-electron chi connectivity index (χ3n) is 1.77. The first kappa shape index (κ1) is 10.1. The summed E-state index contributed by atoms with van der Waals surface area (Å²) in [6.07, 6.45) is 2.55. The Kier molecular flexibility index (Phi) is 3.82. The van der Waals surface area contributed by atoms with E-state index in [0.717, 1.165) is 12.1 Å². The zero-order valence-electron chi connectivity index (χ0n) is 7.53. The lowest BCUT2D eigenvalue weighted by molar-refractivity contribution is -0.118. The zero-order valence-corrected chi connectivity index (χ0v) is 8.42. The molecule has 0 atom stereocenters. The molecule has 0 unspecified atom stereocenters. The van der Waals surface area contributed by atoms with Gasteiger partial charge >= 0.3 is 0 Å². The van der Waals surface area contributed by atoms with E-state index in [1.165, 1.54) is 0 Å².